The minimum atomic E-state index is -0.877. The molecule has 0 spiro atoms. The number of fused-ring (bicyclic) bond motifs is 2. The molecule has 3 rings (SSSR count). The van der Waals surface area contributed by atoms with Crippen LogP contribution in [0.3, 0.4) is 0 Å². The number of aliphatic carboxylic acids is 1. The minimum Gasteiger partial charge on any atom is -0.481 e. The summed E-state index contributed by atoms with van der Waals surface area (Å²) in [7, 11) is 1.97. The topological polar surface area (TPSA) is 193 Å². The third-order valence-corrected chi connectivity index (χ3v) is 4.77. The van der Waals surface area contributed by atoms with E-state index in [4.69, 9.17) is 4.74 Å². The molecule has 0 aromatic heterocycles. The molecule has 4 atom stereocenters. The van der Waals surface area contributed by atoms with Crippen molar-refractivity contribution in [1.29, 1.82) is 0 Å². The number of hydrogen-bond acceptors (Lipinski definition) is 4. The zero-order valence-corrected chi connectivity index (χ0v) is 13.9. The smallest absolute Gasteiger partial charge is 0.338 e. The second kappa shape index (κ2) is 10.1. The average Bonchev–Trinajstić information content (AvgIpc) is 2.72. The van der Waals surface area contributed by atoms with Crippen molar-refractivity contribution >= 4 is 11.9 Å². The molecule has 0 aliphatic carbocycles. The number of rotatable bonds is 3. The molecule has 0 radical (unpaired) electrons. The molecule has 1 aromatic carbocycles. The zero-order valence-electron chi connectivity index (χ0n) is 13.9. The lowest BCUT2D eigenvalue weighted by Gasteiger charge is -2.40. The van der Waals surface area contributed by atoms with E-state index < -0.39 is 24.0 Å². The molecule has 25 heavy (non-hydrogen) atoms. The highest BCUT2D eigenvalue weighted by Crippen LogP contribution is 2.39. The van der Waals surface area contributed by atoms with E-state index in [0.717, 1.165) is 12.8 Å². The van der Waals surface area contributed by atoms with Crippen LogP contribution in [0.1, 0.15) is 29.6 Å². The van der Waals surface area contributed by atoms with Gasteiger partial charge in [0.15, 0.2) is 0 Å². The van der Waals surface area contributed by atoms with Crippen LogP contribution in [0, 0.1) is 5.92 Å². The minimum absolute atomic E-state index is 0. The van der Waals surface area contributed by atoms with E-state index >= 15 is 0 Å². The first-order chi connectivity index (χ1) is 10.1. The number of carboxylic acids is 1. The highest BCUT2D eigenvalue weighted by atomic mass is 16.5. The first kappa shape index (κ1) is 25.2. The number of piperidine rings is 1. The number of carbonyl (C=O) groups is 2. The second-order valence-electron chi connectivity index (χ2n) is 5.87. The van der Waals surface area contributed by atoms with Crippen LogP contribution in [0.15, 0.2) is 30.3 Å². The molecule has 9 N–H and O–H groups in total. The van der Waals surface area contributed by atoms with Gasteiger partial charge in [0.1, 0.15) is 12.0 Å². The molecule has 1 aromatic rings. The second-order valence-corrected chi connectivity index (χ2v) is 5.87. The summed E-state index contributed by atoms with van der Waals surface area (Å²) in [6.45, 7) is 0. The van der Waals surface area contributed by atoms with Gasteiger partial charge in [-0.2, -0.15) is 0 Å². The number of nitrogens with zero attached hydrogens (tertiary/aromatic N) is 1. The molecule has 9 nitrogen and oxygen atoms in total. The molecule has 0 saturated carbocycles. The van der Waals surface area contributed by atoms with Gasteiger partial charge in [-0.1, -0.05) is 18.2 Å². The SMILES string of the molecule is CN1C2CCC1C(C(=O)O)C(OC(=O)c1ccccc1)C2.O.O.O.O. The van der Waals surface area contributed by atoms with Gasteiger partial charge < -0.3 is 31.7 Å². The first-order valence-corrected chi connectivity index (χ1v) is 7.28. The maximum atomic E-state index is 12.2. The van der Waals surface area contributed by atoms with Gasteiger partial charge >= 0.3 is 11.9 Å². The highest BCUT2D eigenvalue weighted by Gasteiger charge is 2.50. The molecule has 2 bridgehead atoms. The standard InChI is InChI=1S/C16H19NO4.4H2O/c1-17-11-7-8-12(17)14(15(18)19)13(9-11)21-16(20)10-5-3-2-4-6-10;;;;/h2-6,11-14H,7-9H2,1H3,(H,18,19);4*1H2. The van der Waals surface area contributed by atoms with Crippen molar-refractivity contribution in [3.8, 4) is 0 Å². The van der Waals surface area contributed by atoms with Gasteiger partial charge in [-0.05, 0) is 32.0 Å². The van der Waals surface area contributed by atoms with Crippen molar-refractivity contribution in [2.75, 3.05) is 7.05 Å². The molecule has 2 aliphatic heterocycles. The molecular formula is C16H27NO8. The third-order valence-electron chi connectivity index (χ3n) is 4.77. The van der Waals surface area contributed by atoms with Crippen LogP contribution in [0.25, 0.3) is 0 Å². The maximum absolute atomic E-state index is 12.2. The van der Waals surface area contributed by atoms with Gasteiger partial charge in [-0.3, -0.25) is 9.69 Å². The lowest BCUT2D eigenvalue weighted by molar-refractivity contribution is -0.152. The monoisotopic (exact) mass is 361 g/mol. The Kier molecular flexibility index (Phi) is 10.1. The molecule has 4 unspecified atom stereocenters. The van der Waals surface area contributed by atoms with E-state index in [1.165, 1.54) is 0 Å². The molecule has 2 fully saturated rings. The largest absolute Gasteiger partial charge is 0.481 e. The summed E-state index contributed by atoms with van der Waals surface area (Å²) >= 11 is 0. The first-order valence-electron chi connectivity index (χ1n) is 7.28. The van der Waals surface area contributed by atoms with Crippen LogP contribution >= 0.6 is 0 Å². The van der Waals surface area contributed by atoms with Crippen LogP contribution in [-0.2, 0) is 9.53 Å². The number of hydrogen-bond donors (Lipinski definition) is 1. The number of carbonyl (C=O) groups excluding carboxylic acids is 1. The van der Waals surface area contributed by atoms with Gasteiger partial charge in [0.2, 0.25) is 0 Å². The quantitative estimate of drug-likeness (QED) is 0.637. The summed E-state index contributed by atoms with van der Waals surface area (Å²) in [5.41, 5.74) is 0.466. The molecule has 2 heterocycles. The lowest BCUT2D eigenvalue weighted by atomic mass is 9.87. The molecule has 0 amide bonds. The lowest BCUT2D eigenvalue weighted by Crippen LogP contribution is -2.53. The number of esters is 1. The fraction of sp³-hybridized carbons (Fsp3) is 0.500. The summed E-state index contributed by atoms with van der Waals surface area (Å²) in [5, 5.41) is 9.51. The van der Waals surface area contributed by atoms with Gasteiger partial charge in [0.25, 0.3) is 0 Å². The van der Waals surface area contributed by atoms with Crippen molar-refractivity contribution in [2.24, 2.45) is 5.92 Å². The van der Waals surface area contributed by atoms with E-state index in [0.29, 0.717) is 18.0 Å². The Morgan fingerprint density at radius 3 is 2.24 bits per heavy atom. The summed E-state index contributed by atoms with van der Waals surface area (Å²) in [5.74, 6) is -1.95. The van der Waals surface area contributed by atoms with E-state index in [2.05, 4.69) is 4.90 Å². The van der Waals surface area contributed by atoms with E-state index in [1.54, 1.807) is 24.3 Å². The Labute approximate surface area is 145 Å². The van der Waals surface area contributed by atoms with Gasteiger partial charge in [-0.15, -0.1) is 0 Å². The Morgan fingerprint density at radius 1 is 1.08 bits per heavy atom. The molecule has 2 saturated heterocycles. The predicted octanol–water partition coefficient (Wildman–Crippen LogP) is -1.52. The molecular weight excluding hydrogens is 334 g/mol. The molecule has 9 heteroatoms. The summed E-state index contributed by atoms with van der Waals surface area (Å²) in [6, 6.07) is 9.01. The van der Waals surface area contributed by atoms with Crippen LogP contribution in [0.5, 0.6) is 0 Å². The molecule has 2 aliphatic rings. The summed E-state index contributed by atoms with van der Waals surface area (Å²) < 4.78 is 5.53. The van der Waals surface area contributed by atoms with Crippen molar-refractivity contribution in [1.82, 2.24) is 4.90 Å². The number of carboxylic acid groups (broad SMARTS) is 1. The van der Waals surface area contributed by atoms with E-state index in [9.17, 15) is 14.7 Å². The van der Waals surface area contributed by atoms with Gasteiger partial charge in [-0.25, -0.2) is 4.79 Å². The number of ether oxygens (including phenoxy) is 1. The Bertz CT molecular complexity index is 552. The third kappa shape index (κ3) is 4.74. The van der Waals surface area contributed by atoms with Crippen LogP contribution in [0.4, 0.5) is 0 Å². The Balaban J connectivity index is 0. The number of benzene rings is 1. The van der Waals surface area contributed by atoms with Crippen molar-refractivity contribution in [3.63, 3.8) is 0 Å². The van der Waals surface area contributed by atoms with Crippen LogP contribution in [-0.4, -0.2) is 69.1 Å². The van der Waals surface area contributed by atoms with Gasteiger partial charge in [0, 0.05) is 18.5 Å². The van der Waals surface area contributed by atoms with Gasteiger partial charge in [0.05, 0.1) is 5.56 Å². The average molecular weight is 361 g/mol. The Morgan fingerprint density at radius 2 is 1.68 bits per heavy atom. The predicted molar refractivity (Wildman–Crippen MR) is 90.4 cm³/mol. The Hall–Kier alpha value is -2.04. The maximum Gasteiger partial charge on any atom is 0.338 e. The summed E-state index contributed by atoms with van der Waals surface area (Å²) in [6.07, 6.45) is 1.90. The normalized spacial score (nSPS) is 26.8. The van der Waals surface area contributed by atoms with Crippen molar-refractivity contribution in [2.45, 2.75) is 37.5 Å². The van der Waals surface area contributed by atoms with E-state index in [-0.39, 0.29) is 27.9 Å². The molecule has 144 valence electrons. The fourth-order valence-corrected chi connectivity index (χ4v) is 3.65. The van der Waals surface area contributed by atoms with Crippen molar-refractivity contribution in [3.05, 3.63) is 35.9 Å². The zero-order chi connectivity index (χ0) is 15.0. The fourth-order valence-electron chi connectivity index (χ4n) is 3.65. The van der Waals surface area contributed by atoms with Crippen LogP contribution < -0.4 is 0 Å². The van der Waals surface area contributed by atoms with Crippen LogP contribution in [0.2, 0.25) is 0 Å². The highest BCUT2D eigenvalue weighted by molar-refractivity contribution is 5.89. The summed E-state index contributed by atoms with van der Waals surface area (Å²) in [4.78, 5) is 25.9. The van der Waals surface area contributed by atoms with Crippen molar-refractivity contribution < 1.29 is 41.3 Å². The van der Waals surface area contributed by atoms with E-state index in [1.807, 2.05) is 13.1 Å².